The SMILES string of the molecule is CCCCCCCCCCCCc1cc(-c2ccccc2)sc1-c1ccc(-c2ccc(-c3sc(-c4ccc(N(c5ccc(OCC(CC)CCCC)cc5)c5ccc(-c6ccccc6)cc5)cc4)cc3CCCCCCCCCCCC)cc2)cc1. The lowest BCUT2D eigenvalue weighted by Crippen LogP contribution is -2.12. The first-order valence-electron chi connectivity index (χ1n) is 33.8. The third-order valence-electron chi connectivity index (χ3n) is 17.7. The Morgan fingerprint density at radius 2 is 0.651 bits per heavy atom. The van der Waals surface area contributed by atoms with Gasteiger partial charge in [-0.3, -0.25) is 0 Å². The van der Waals surface area contributed by atoms with Crippen LogP contribution in [0.15, 0.2) is 194 Å². The summed E-state index contributed by atoms with van der Waals surface area (Å²) in [6.45, 7) is 9.94. The summed E-state index contributed by atoms with van der Waals surface area (Å²) in [4.78, 5) is 7.92. The molecule has 0 aliphatic heterocycles. The van der Waals surface area contributed by atoms with E-state index in [1.165, 1.54) is 223 Å². The van der Waals surface area contributed by atoms with Crippen LogP contribution in [-0.2, 0) is 12.8 Å². The zero-order chi connectivity index (χ0) is 59.4. The molecule has 2 aromatic heterocycles. The molecule has 9 rings (SSSR count). The third-order valence-corrected chi connectivity index (χ3v) is 20.2. The standard InChI is InChI=1S/C82H99NOS2/c1-5-9-12-14-16-18-20-22-24-28-39-73-61-79(69-37-32-27-33-38-69)85-81(73)71-45-41-66(42-46-71)67-43-47-72(48-44-67)82-74(40-29-25-23-21-19-17-15-13-10-6-2)62-80(86-82)70-51-55-76(56-52-70)83(75-53-49-68(50-54-75)65-35-30-26-31-36-65)77-57-59-78(60-58-77)84-63-64(8-4)34-11-7-3/h26-27,30-33,35-38,41-62,64H,5-25,28-29,34,39-40,63H2,1-4H3. The van der Waals surface area contributed by atoms with Crippen molar-refractivity contribution in [3.05, 3.63) is 205 Å². The Bertz CT molecular complexity index is 3280. The van der Waals surface area contributed by atoms with Gasteiger partial charge < -0.3 is 9.64 Å². The van der Waals surface area contributed by atoms with Crippen LogP contribution in [0.5, 0.6) is 5.75 Å². The normalized spacial score (nSPS) is 11.8. The summed E-state index contributed by atoms with van der Waals surface area (Å²) in [6, 6.07) is 72.6. The molecule has 0 N–H and O–H groups in total. The molecule has 0 amide bonds. The second-order valence-electron chi connectivity index (χ2n) is 24.3. The highest BCUT2D eigenvalue weighted by Crippen LogP contribution is 2.44. The van der Waals surface area contributed by atoms with Crippen molar-refractivity contribution in [1.29, 1.82) is 0 Å². The van der Waals surface area contributed by atoms with Crippen LogP contribution in [0.3, 0.4) is 0 Å². The van der Waals surface area contributed by atoms with Gasteiger partial charge in [-0.1, -0.05) is 296 Å². The number of hydrogen-bond donors (Lipinski definition) is 0. The molecule has 86 heavy (non-hydrogen) atoms. The highest BCUT2D eigenvalue weighted by atomic mass is 32.1. The highest BCUT2D eigenvalue weighted by molar-refractivity contribution is 7.19. The molecule has 0 fully saturated rings. The van der Waals surface area contributed by atoms with E-state index in [-0.39, 0.29) is 0 Å². The molecule has 0 spiro atoms. The lowest BCUT2D eigenvalue weighted by Gasteiger charge is -2.26. The third kappa shape index (κ3) is 19.0. The van der Waals surface area contributed by atoms with E-state index in [1.54, 1.807) is 0 Å². The Morgan fingerprint density at radius 3 is 1.06 bits per heavy atom. The Hall–Kier alpha value is -6.46. The smallest absolute Gasteiger partial charge is 0.119 e. The summed E-state index contributed by atoms with van der Waals surface area (Å²) < 4.78 is 6.40. The molecule has 0 bridgehead atoms. The van der Waals surface area contributed by atoms with Crippen LogP contribution in [0.1, 0.15) is 193 Å². The number of ether oxygens (including phenoxy) is 1. The molecule has 0 aliphatic carbocycles. The maximum Gasteiger partial charge on any atom is 0.119 e. The molecule has 0 aliphatic rings. The van der Waals surface area contributed by atoms with Gasteiger partial charge >= 0.3 is 0 Å². The average molecular weight is 1180 g/mol. The molecule has 1 unspecified atom stereocenters. The maximum atomic E-state index is 6.40. The van der Waals surface area contributed by atoms with Crippen LogP contribution in [-0.4, -0.2) is 6.61 Å². The Labute approximate surface area is 528 Å². The first-order chi connectivity index (χ1) is 42.5. The molecule has 450 valence electrons. The molecular formula is C82H99NOS2. The number of aryl methyl sites for hydroxylation is 2. The highest BCUT2D eigenvalue weighted by Gasteiger charge is 2.18. The number of benzene rings is 7. The predicted octanol–water partition coefficient (Wildman–Crippen LogP) is 26.8. The number of unbranched alkanes of at least 4 members (excludes halogenated alkanes) is 19. The van der Waals surface area contributed by atoms with E-state index < -0.39 is 0 Å². The van der Waals surface area contributed by atoms with Crippen LogP contribution in [0.25, 0.3) is 64.0 Å². The van der Waals surface area contributed by atoms with Crippen molar-refractivity contribution in [2.24, 2.45) is 5.92 Å². The van der Waals surface area contributed by atoms with Gasteiger partial charge in [0, 0.05) is 36.6 Å². The van der Waals surface area contributed by atoms with E-state index in [2.05, 4.69) is 227 Å². The predicted molar refractivity (Wildman–Crippen MR) is 379 cm³/mol. The number of hydrogen-bond acceptors (Lipinski definition) is 4. The van der Waals surface area contributed by atoms with Crippen LogP contribution in [0.4, 0.5) is 17.1 Å². The fourth-order valence-corrected chi connectivity index (χ4v) is 14.7. The monoisotopic (exact) mass is 1180 g/mol. The van der Waals surface area contributed by atoms with Crippen molar-refractivity contribution in [2.75, 3.05) is 11.5 Å². The fraction of sp³-hybridized carbons (Fsp3) is 0.390. The van der Waals surface area contributed by atoms with E-state index in [1.807, 2.05) is 22.7 Å². The molecular weight excluding hydrogens is 1080 g/mol. The van der Waals surface area contributed by atoms with Crippen LogP contribution >= 0.6 is 22.7 Å². The minimum absolute atomic E-state index is 0.586. The van der Waals surface area contributed by atoms with Gasteiger partial charge in [-0.2, -0.15) is 0 Å². The van der Waals surface area contributed by atoms with Crippen molar-refractivity contribution in [3.63, 3.8) is 0 Å². The molecule has 7 aromatic carbocycles. The van der Waals surface area contributed by atoms with Crippen molar-refractivity contribution >= 4 is 39.7 Å². The molecule has 4 heteroatoms. The number of anilines is 3. The van der Waals surface area contributed by atoms with Gasteiger partial charge in [-0.05, 0) is 154 Å². The summed E-state index contributed by atoms with van der Waals surface area (Å²) in [6.07, 6.45) is 34.2. The molecule has 2 heterocycles. The van der Waals surface area contributed by atoms with E-state index >= 15 is 0 Å². The van der Waals surface area contributed by atoms with Gasteiger partial charge in [0.1, 0.15) is 5.75 Å². The number of thiophene rings is 2. The molecule has 0 saturated heterocycles. The van der Waals surface area contributed by atoms with Crippen LogP contribution in [0, 0.1) is 5.92 Å². The van der Waals surface area contributed by atoms with E-state index in [0.717, 1.165) is 48.7 Å². The fourth-order valence-electron chi connectivity index (χ4n) is 12.3. The van der Waals surface area contributed by atoms with Gasteiger partial charge in [-0.25, -0.2) is 0 Å². The topological polar surface area (TPSA) is 12.5 Å². The lowest BCUT2D eigenvalue weighted by atomic mass is 9.98. The first kappa shape index (κ1) is 64.0. The summed E-state index contributed by atoms with van der Waals surface area (Å²) >= 11 is 3.92. The molecule has 1 atom stereocenters. The molecule has 2 nitrogen and oxygen atoms in total. The molecule has 9 aromatic rings. The van der Waals surface area contributed by atoms with Gasteiger partial charge in [0.15, 0.2) is 0 Å². The summed E-state index contributed by atoms with van der Waals surface area (Å²) in [5, 5.41) is 0. The zero-order valence-electron chi connectivity index (χ0n) is 52.8. The maximum absolute atomic E-state index is 6.40. The van der Waals surface area contributed by atoms with Crippen LogP contribution < -0.4 is 9.64 Å². The Kier molecular flexibility index (Phi) is 26.3. The second kappa shape index (κ2) is 35.4. The first-order valence-corrected chi connectivity index (χ1v) is 35.5. The van der Waals surface area contributed by atoms with Gasteiger partial charge in [0.2, 0.25) is 0 Å². The van der Waals surface area contributed by atoms with Crippen molar-refractivity contribution in [3.8, 4) is 69.8 Å². The summed E-state index contributed by atoms with van der Waals surface area (Å²) in [5.41, 5.74) is 16.5. The van der Waals surface area contributed by atoms with Crippen molar-refractivity contribution in [2.45, 2.75) is 195 Å². The zero-order valence-corrected chi connectivity index (χ0v) is 54.4. The summed E-state index contributed by atoms with van der Waals surface area (Å²) in [7, 11) is 0. The molecule has 0 radical (unpaired) electrons. The Morgan fingerprint density at radius 1 is 0.326 bits per heavy atom. The van der Waals surface area contributed by atoms with Crippen molar-refractivity contribution in [1.82, 2.24) is 0 Å². The second-order valence-corrected chi connectivity index (χ2v) is 26.4. The average Bonchev–Trinajstić information content (AvgIpc) is 2.80. The number of nitrogens with zero attached hydrogens (tertiary/aromatic N) is 1. The largest absolute Gasteiger partial charge is 0.493 e. The Balaban J connectivity index is 0.929. The lowest BCUT2D eigenvalue weighted by molar-refractivity contribution is 0.233. The quantitative estimate of drug-likeness (QED) is 0.0358. The van der Waals surface area contributed by atoms with Gasteiger partial charge in [-0.15, -0.1) is 22.7 Å². The minimum Gasteiger partial charge on any atom is -0.493 e. The number of rotatable bonds is 38. The van der Waals surface area contributed by atoms with Gasteiger partial charge in [0.05, 0.1) is 6.61 Å². The summed E-state index contributed by atoms with van der Waals surface area (Å²) in [5.74, 6) is 1.52. The van der Waals surface area contributed by atoms with E-state index in [9.17, 15) is 0 Å². The van der Waals surface area contributed by atoms with E-state index in [0.29, 0.717) is 5.92 Å². The van der Waals surface area contributed by atoms with Gasteiger partial charge in [0.25, 0.3) is 0 Å². The minimum atomic E-state index is 0.586. The molecule has 0 saturated carbocycles. The van der Waals surface area contributed by atoms with Crippen molar-refractivity contribution < 1.29 is 4.74 Å². The van der Waals surface area contributed by atoms with Crippen LogP contribution in [0.2, 0.25) is 0 Å². The van der Waals surface area contributed by atoms with E-state index in [4.69, 9.17) is 4.74 Å².